The molecule has 0 saturated heterocycles. The average Bonchev–Trinajstić information content (AvgIpc) is 2.98. The standard InChI is InChI=1S/C18H22N2O4S/c1-12(2)23-17(21)8-9-19-18(22)15-6-4-5-7-16(15)25-11-14-10-13(3)20-24-14/h4-7,10,12H,8-9,11H2,1-3H3,(H,19,22). The maximum Gasteiger partial charge on any atom is 0.307 e. The summed E-state index contributed by atoms with van der Waals surface area (Å²) in [6, 6.07) is 9.21. The number of nitrogens with zero attached hydrogens (tertiary/aromatic N) is 1. The van der Waals surface area contributed by atoms with E-state index >= 15 is 0 Å². The fraction of sp³-hybridized carbons (Fsp3) is 0.389. The zero-order valence-corrected chi connectivity index (χ0v) is 15.4. The van der Waals surface area contributed by atoms with Gasteiger partial charge in [-0.1, -0.05) is 17.3 Å². The Labute approximate surface area is 151 Å². The summed E-state index contributed by atoms with van der Waals surface area (Å²) in [6.07, 6.45) is -0.00335. The van der Waals surface area contributed by atoms with E-state index in [1.807, 2.05) is 31.2 Å². The maximum atomic E-state index is 12.4. The number of carbonyl (C=O) groups excluding carboxylic acids is 2. The van der Waals surface area contributed by atoms with Crippen LogP contribution in [0.1, 0.15) is 42.1 Å². The minimum Gasteiger partial charge on any atom is -0.463 e. The van der Waals surface area contributed by atoms with E-state index in [-0.39, 0.29) is 30.9 Å². The van der Waals surface area contributed by atoms with Crippen molar-refractivity contribution < 1.29 is 18.8 Å². The summed E-state index contributed by atoms with van der Waals surface area (Å²) in [7, 11) is 0. The van der Waals surface area contributed by atoms with Gasteiger partial charge in [0.25, 0.3) is 5.91 Å². The van der Waals surface area contributed by atoms with Gasteiger partial charge < -0.3 is 14.6 Å². The van der Waals surface area contributed by atoms with Crippen LogP contribution in [-0.2, 0) is 15.3 Å². The highest BCUT2D eigenvalue weighted by molar-refractivity contribution is 7.98. The monoisotopic (exact) mass is 362 g/mol. The summed E-state index contributed by atoms with van der Waals surface area (Å²) in [5, 5.41) is 6.61. The number of aromatic nitrogens is 1. The number of hydrogen-bond donors (Lipinski definition) is 1. The summed E-state index contributed by atoms with van der Waals surface area (Å²) in [5.41, 5.74) is 1.40. The van der Waals surface area contributed by atoms with Gasteiger partial charge in [-0.2, -0.15) is 0 Å². The molecule has 0 unspecified atom stereocenters. The lowest BCUT2D eigenvalue weighted by atomic mass is 10.2. The van der Waals surface area contributed by atoms with Crippen molar-refractivity contribution in [1.82, 2.24) is 10.5 Å². The van der Waals surface area contributed by atoms with Crippen molar-refractivity contribution >= 4 is 23.6 Å². The van der Waals surface area contributed by atoms with Gasteiger partial charge in [-0.05, 0) is 32.9 Å². The van der Waals surface area contributed by atoms with Gasteiger partial charge in [0.1, 0.15) is 5.76 Å². The molecule has 0 bridgehead atoms. The SMILES string of the molecule is Cc1cc(CSc2ccccc2C(=O)NCCC(=O)OC(C)C)on1. The second-order valence-electron chi connectivity index (χ2n) is 5.76. The largest absolute Gasteiger partial charge is 0.463 e. The Kier molecular flexibility index (Phi) is 7.06. The predicted molar refractivity (Wildman–Crippen MR) is 95.4 cm³/mol. The molecular formula is C18H22N2O4S. The van der Waals surface area contributed by atoms with Crippen molar-refractivity contribution in [2.45, 2.75) is 43.9 Å². The molecule has 1 heterocycles. The molecule has 6 nitrogen and oxygen atoms in total. The lowest BCUT2D eigenvalue weighted by Crippen LogP contribution is -2.27. The molecule has 25 heavy (non-hydrogen) atoms. The molecule has 1 N–H and O–H groups in total. The number of nitrogens with one attached hydrogen (secondary N) is 1. The molecule has 134 valence electrons. The Morgan fingerprint density at radius 2 is 2.08 bits per heavy atom. The molecular weight excluding hydrogens is 340 g/mol. The lowest BCUT2D eigenvalue weighted by Gasteiger charge is -2.10. The van der Waals surface area contributed by atoms with Crippen LogP contribution in [-0.4, -0.2) is 29.7 Å². The molecule has 0 atom stereocenters. The van der Waals surface area contributed by atoms with Crippen LogP contribution in [0.5, 0.6) is 0 Å². The zero-order valence-electron chi connectivity index (χ0n) is 14.6. The number of hydrogen-bond acceptors (Lipinski definition) is 6. The highest BCUT2D eigenvalue weighted by Gasteiger charge is 2.13. The van der Waals surface area contributed by atoms with Gasteiger partial charge in [-0.15, -0.1) is 11.8 Å². The molecule has 0 aliphatic rings. The molecule has 0 aliphatic heterocycles. The summed E-state index contributed by atoms with van der Waals surface area (Å²) in [5.74, 6) is 0.813. The van der Waals surface area contributed by atoms with Crippen molar-refractivity contribution in [2.24, 2.45) is 0 Å². The Balaban J connectivity index is 1.90. The Bertz CT molecular complexity index is 727. The first-order chi connectivity index (χ1) is 12.0. The number of aryl methyl sites for hydroxylation is 1. The van der Waals surface area contributed by atoms with E-state index in [1.165, 1.54) is 11.8 Å². The Hall–Kier alpha value is -2.28. The highest BCUT2D eigenvalue weighted by atomic mass is 32.2. The first kappa shape index (κ1) is 19.1. The third-order valence-electron chi connectivity index (χ3n) is 3.16. The van der Waals surface area contributed by atoms with Crippen molar-refractivity contribution in [3.05, 3.63) is 47.3 Å². The third kappa shape index (κ3) is 6.26. The van der Waals surface area contributed by atoms with Crippen LogP contribution >= 0.6 is 11.8 Å². The number of esters is 1. The van der Waals surface area contributed by atoms with Crippen LogP contribution < -0.4 is 5.32 Å². The van der Waals surface area contributed by atoms with E-state index in [9.17, 15) is 9.59 Å². The Morgan fingerprint density at radius 3 is 2.76 bits per heavy atom. The molecule has 0 spiro atoms. The van der Waals surface area contributed by atoms with Gasteiger partial charge in [-0.3, -0.25) is 9.59 Å². The van der Waals surface area contributed by atoms with E-state index in [0.717, 1.165) is 16.3 Å². The number of benzene rings is 1. The molecule has 0 fully saturated rings. The average molecular weight is 362 g/mol. The normalized spacial score (nSPS) is 10.7. The van der Waals surface area contributed by atoms with Crippen LogP contribution in [0.3, 0.4) is 0 Å². The summed E-state index contributed by atoms with van der Waals surface area (Å²) in [6.45, 7) is 5.69. The molecule has 0 saturated carbocycles. The summed E-state index contributed by atoms with van der Waals surface area (Å²) >= 11 is 1.50. The minimum atomic E-state index is -0.321. The van der Waals surface area contributed by atoms with Crippen LogP contribution in [0.15, 0.2) is 39.8 Å². The molecule has 0 radical (unpaired) electrons. The second kappa shape index (κ2) is 9.27. The number of thioether (sulfide) groups is 1. The number of ether oxygens (including phenoxy) is 1. The number of amides is 1. The van der Waals surface area contributed by atoms with Crippen molar-refractivity contribution in [1.29, 1.82) is 0 Å². The van der Waals surface area contributed by atoms with Gasteiger partial charge in [0.05, 0.1) is 29.5 Å². The smallest absolute Gasteiger partial charge is 0.307 e. The zero-order chi connectivity index (χ0) is 18.2. The van der Waals surface area contributed by atoms with Gasteiger partial charge in [0, 0.05) is 17.5 Å². The summed E-state index contributed by atoms with van der Waals surface area (Å²) < 4.78 is 10.2. The second-order valence-corrected chi connectivity index (χ2v) is 6.78. The van der Waals surface area contributed by atoms with Gasteiger partial charge in [-0.25, -0.2) is 0 Å². The van der Waals surface area contributed by atoms with Crippen LogP contribution in [0, 0.1) is 6.92 Å². The van der Waals surface area contributed by atoms with Crippen LogP contribution in [0.25, 0.3) is 0 Å². The van der Waals surface area contributed by atoms with Crippen molar-refractivity contribution in [2.75, 3.05) is 6.54 Å². The first-order valence-electron chi connectivity index (χ1n) is 8.07. The first-order valence-corrected chi connectivity index (χ1v) is 9.06. The quantitative estimate of drug-likeness (QED) is 0.573. The molecule has 2 aromatic rings. The van der Waals surface area contributed by atoms with Crippen LogP contribution in [0.4, 0.5) is 0 Å². The lowest BCUT2D eigenvalue weighted by molar-refractivity contribution is -0.147. The molecule has 7 heteroatoms. The van der Waals surface area contributed by atoms with Gasteiger partial charge >= 0.3 is 5.97 Å². The van der Waals surface area contributed by atoms with Crippen molar-refractivity contribution in [3.63, 3.8) is 0 Å². The molecule has 1 aromatic heterocycles. The van der Waals surface area contributed by atoms with Crippen molar-refractivity contribution in [3.8, 4) is 0 Å². The molecule has 2 rings (SSSR count). The van der Waals surface area contributed by atoms with E-state index in [2.05, 4.69) is 10.5 Å². The van der Waals surface area contributed by atoms with Gasteiger partial charge in [0.15, 0.2) is 0 Å². The van der Waals surface area contributed by atoms with Gasteiger partial charge in [0.2, 0.25) is 0 Å². The fourth-order valence-corrected chi connectivity index (χ4v) is 3.03. The van der Waals surface area contributed by atoms with Crippen LogP contribution in [0.2, 0.25) is 0 Å². The molecule has 1 amide bonds. The van der Waals surface area contributed by atoms with E-state index in [0.29, 0.717) is 11.3 Å². The summed E-state index contributed by atoms with van der Waals surface area (Å²) in [4.78, 5) is 24.7. The predicted octanol–water partition coefficient (Wildman–Crippen LogP) is 3.35. The Morgan fingerprint density at radius 1 is 1.32 bits per heavy atom. The number of rotatable bonds is 8. The highest BCUT2D eigenvalue weighted by Crippen LogP contribution is 2.26. The molecule has 0 aliphatic carbocycles. The molecule has 1 aromatic carbocycles. The van der Waals surface area contributed by atoms with E-state index in [1.54, 1.807) is 19.9 Å². The van der Waals surface area contributed by atoms with E-state index in [4.69, 9.17) is 9.26 Å². The number of carbonyl (C=O) groups is 2. The maximum absolute atomic E-state index is 12.4. The topological polar surface area (TPSA) is 81.4 Å². The third-order valence-corrected chi connectivity index (χ3v) is 4.26. The van der Waals surface area contributed by atoms with E-state index < -0.39 is 0 Å². The fourth-order valence-electron chi connectivity index (χ4n) is 2.11. The minimum absolute atomic E-state index is 0.149.